The van der Waals surface area contributed by atoms with Gasteiger partial charge in [-0.2, -0.15) is 0 Å². The lowest BCUT2D eigenvalue weighted by Gasteiger charge is -2.39. The lowest BCUT2D eigenvalue weighted by molar-refractivity contribution is 0.1000. The van der Waals surface area contributed by atoms with E-state index in [4.69, 9.17) is 11.5 Å². The summed E-state index contributed by atoms with van der Waals surface area (Å²) < 4.78 is 0. The summed E-state index contributed by atoms with van der Waals surface area (Å²) in [5.41, 5.74) is 13.0. The van der Waals surface area contributed by atoms with Gasteiger partial charge in [0.2, 0.25) is 5.91 Å². The maximum Gasteiger partial charge on any atom is 0.248 e. The van der Waals surface area contributed by atoms with E-state index in [1.165, 1.54) is 31.2 Å². The van der Waals surface area contributed by atoms with E-state index in [1.807, 2.05) is 12.1 Å². The Morgan fingerprint density at radius 1 is 1.25 bits per heavy atom. The zero-order valence-electron chi connectivity index (χ0n) is 11.8. The van der Waals surface area contributed by atoms with Crippen molar-refractivity contribution in [2.24, 2.45) is 11.5 Å². The van der Waals surface area contributed by atoms with Crippen LogP contribution in [-0.4, -0.2) is 36.0 Å². The molecule has 3 rings (SSSR count). The van der Waals surface area contributed by atoms with Crippen molar-refractivity contribution in [2.45, 2.75) is 43.7 Å². The Balaban J connectivity index is 1.77. The summed E-state index contributed by atoms with van der Waals surface area (Å²) in [6, 6.07) is 9.19. The molecule has 0 aliphatic carbocycles. The SMILES string of the molecule is NCCN1[C@@H]2CC[C@H]1C[C@@H](c1cccc(C(N)=O)c1)C2. The van der Waals surface area contributed by atoms with Crippen molar-refractivity contribution in [1.29, 1.82) is 0 Å². The van der Waals surface area contributed by atoms with Gasteiger partial charge in [0.1, 0.15) is 0 Å². The van der Waals surface area contributed by atoms with Crippen LogP contribution in [0.25, 0.3) is 0 Å². The number of carbonyl (C=O) groups excluding carboxylic acids is 1. The third kappa shape index (κ3) is 2.45. The van der Waals surface area contributed by atoms with Gasteiger partial charge in [-0.3, -0.25) is 9.69 Å². The summed E-state index contributed by atoms with van der Waals surface area (Å²) in [5, 5.41) is 0. The van der Waals surface area contributed by atoms with E-state index in [2.05, 4.69) is 11.0 Å². The molecular weight excluding hydrogens is 250 g/mol. The highest BCUT2D eigenvalue weighted by molar-refractivity contribution is 5.92. The number of piperidine rings is 1. The molecule has 0 spiro atoms. The third-order valence-electron chi connectivity index (χ3n) is 4.91. The second kappa shape index (κ2) is 5.54. The molecule has 2 saturated heterocycles. The van der Waals surface area contributed by atoms with Gasteiger partial charge in [-0.05, 0) is 49.3 Å². The molecule has 2 bridgehead atoms. The smallest absolute Gasteiger partial charge is 0.248 e. The number of benzene rings is 1. The second-order valence-corrected chi connectivity index (χ2v) is 6.07. The minimum atomic E-state index is -0.338. The van der Waals surface area contributed by atoms with Gasteiger partial charge in [-0.15, -0.1) is 0 Å². The largest absolute Gasteiger partial charge is 0.366 e. The molecule has 0 aromatic heterocycles. The lowest BCUT2D eigenvalue weighted by atomic mass is 9.84. The molecule has 4 N–H and O–H groups in total. The molecular formula is C16H23N3O. The van der Waals surface area contributed by atoms with Crippen molar-refractivity contribution in [3.8, 4) is 0 Å². The fourth-order valence-corrected chi connectivity index (χ4v) is 4.01. The van der Waals surface area contributed by atoms with Crippen LogP contribution in [0.2, 0.25) is 0 Å². The third-order valence-corrected chi connectivity index (χ3v) is 4.91. The maximum atomic E-state index is 11.3. The van der Waals surface area contributed by atoms with Crippen LogP contribution in [0.3, 0.4) is 0 Å². The molecule has 2 aliphatic heterocycles. The van der Waals surface area contributed by atoms with E-state index < -0.39 is 0 Å². The number of primary amides is 1. The Labute approximate surface area is 120 Å². The number of amides is 1. The number of hydrogen-bond acceptors (Lipinski definition) is 3. The molecule has 3 atom stereocenters. The predicted octanol–water partition coefficient (Wildman–Crippen LogP) is 1.45. The quantitative estimate of drug-likeness (QED) is 0.872. The summed E-state index contributed by atoms with van der Waals surface area (Å²) in [7, 11) is 0. The highest BCUT2D eigenvalue weighted by Crippen LogP contribution is 2.42. The Bertz CT molecular complexity index is 488. The van der Waals surface area contributed by atoms with E-state index >= 15 is 0 Å². The number of carbonyl (C=O) groups is 1. The van der Waals surface area contributed by atoms with Gasteiger partial charge < -0.3 is 11.5 Å². The van der Waals surface area contributed by atoms with E-state index in [1.54, 1.807) is 6.07 Å². The zero-order chi connectivity index (χ0) is 14.1. The molecule has 1 amide bonds. The summed E-state index contributed by atoms with van der Waals surface area (Å²) in [6.07, 6.45) is 4.94. The van der Waals surface area contributed by atoms with E-state index in [0.717, 1.165) is 13.1 Å². The van der Waals surface area contributed by atoms with Gasteiger partial charge >= 0.3 is 0 Å². The van der Waals surface area contributed by atoms with Gasteiger partial charge in [-0.25, -0.2) is 0 Å². The first kappa shape index (κ1) is 13.6. The number of rotatable bonds is 4. The van der Waals surface area contributed by atoms with Crippen LogP contribution in [0.1, 0.15) is 47.5 Å². The van der Waals surface area contributed by atoms with E-state index in [0.29, 0.717) is 23.6 Å². The standard InChI is InChI=1S/C16H23N3O/c17-6-7-19-14-4-5-15(19)10-13(9-14)11-2-1-3-12(8-11)16(18)20/h1-3,8,13-15H,4-7,9-10,17H2,(H2,18,20)/t13-,14+,15-. The molecule has 20 heavy (non-hydrogen) atoms. The van der Waals surface area contributed by atoms with E-state index in [-0.39, 0.29) is 5.91 Å². The summed E-state index contributed by atoms with van der Waals surface area (Å²) in [6.45, 7) is 1.76. The van der Waals surface area contributed by atoms with Gasteiger partial charge in [-0.1, -0.05) is 12.1 Å². The maximum absolute atomic E-state index is 11.3. The average Bonchev–Trinajstić information content (AvgIpc) is 2.70. The van der Waals surface area contributed by atoms with Crippen molar-refractivity contribution in [3.63, 3.8) is 0 Å². The molecule has 4 nitrogen and oxygen atoms in total. The van der Waals surface area contributed by atoms with Crippen LogP contribution < -0.4 is 11.5 Å². The van der Waals surface area contributed by atoms with Crippen molar-refractivity contribution in [2.75, 3.05) is 13.1 Å². The minimum Gasteiger partial charge on any atom is -0.366 e. The van der Waals surface area contributed by atoms with Gasteiger partial charge in [0.15, 0.2) is 0 Å². The first-order chi connectivity index (χ1) is 9.69. The Morgan fingerprint density at radius 2 is 1.95 bits per heavy atom. The van der Waals surface area contributed by atoms with Crippen molar-refractivity contribution >= 4 is 5.91 Å². The van der Waals surface area contributed by atoms with Crippen LogP contribution in [0.15, 0.2) is 24.3 Å². The summed E-state index contributed by atoms with van der Waals surface area (Å²) >= 11 is 0. The molecule has 0 saturated carbocycles. The molecule has 2 fully saturated rings. The highest BCUT2D eigenvalue weighted by atomic mass is 16.1. The van der Waals surface area contributed by atoms with Crippen LogP contribution in [0, 0.1) is 0 Å². The number of hydrogen-bond donors (Lipinski definition) is 2. The first-order valence-corrected chi connectivity index (χ1v) is 7.54. The average molecular weight is 273 g/mol. The van der Waals surface area contributed by atoms with Gasteiger partial charge in [0.05, 0.1) is 0 Å². The molecule has 4 heteroatoms. The number of nitrogens with zero attached hydrogens (tertiary/aromatic N) is 1. The van der Waals surface area contributed by atoms with Crippen molar-refractivity contribution in [3.05, 3.63) is 35.4 Å². The van der Waals surface area contributed by atoms with Crippen molar-refractivity contribution in [1.82, 2.24) is 4.90 Å². The topological polar surface area (TPSA) is 72.3 Å². The Kier molecular flexibility index (Phi) is 3.76. The fraction of sp³-hybridized carbons (Fsp3) is 0.562. The van der Waals surface area contributed by atoms with Crippen LogP contribution in [0.5, 0.6) is 0 Å². The van der Waals surface area contributed by atoms with Crippen LogP contribution in [0.4, 0.5) is 0 Å². The first-order valence-electron chi connectivity index (χ1n) is 7.54. The fourth-order valence-electron chi connectivity index (χ4n) is 4.01. The van der Waals surface area contributed by atoms with Crippen LogP contribution >= 0.6 is 0 Å². The molecule has 2 heterocycles. The normalized spacial score (nSPS) is 29.6. The lowest BCUT2D eigenvalue weighted by Crippen LogP contribution is -2.44. The Morgan fingerprint density at radius 3 is 2.55 bits per heavy atom. The molecule has 0 radical (unpaired) electrons. The minimum absolute atomic E-state index is 0.338. The molecule has 1 aromatic rings. The van der Waals surface area contributed by atoms with Crippen molar-refractivity contribution < 1.29 is 4.79 Å². The zero-order valence-corrected chi connectivity index (χ0v) is 11.8. The summed E-state index contributed by atoms with van der Waals surface area (Å²) in [5.74, 6) is 0.219. The predicted molar refractivity (Wildman–Crippen MR) is 79.5 cm³/mol. The van der Waals surface area contributed by atoms with Gasteiger partial charge in [0, 0.05) is 30.7 Å². The number of fused-ring (bicyclic) bond motifs is 2. The van der Waals surface area contributed by atoms with E-state index in [9.17, 15) is 4.79 Å². The molecule has 2 aliphatic rings. The highest BCUT2D eigenvalue weighted by Gasteiger charge is 2.40. The number of nitrogens with two attached hydrogens (primary N) is 2. The Hall–Kier alpha value is -1.39. The van der Waals surface area contributed by atoms with Gasteiger partial charge in [0.25, 0.3) is 0 Å². The molecule has 108 valence electrons. The molecule has 1 aromatic carbocycles. The monoisotopic (exact) mass is 273 g/mol. The summed E-state index contributed by atoms with van der Waals surface area (Å²) in [4.78, 5) is 13.9. The van der Waals surface area contributed by atoms with Crippen LogP contribution in [-0.2, 0) is 0 Å². The second-order valence-electron chi connectivity index (χ2n) is 6.07. The molecule has 0 unspecified atom stereocenters.